The quantitative estimate of drug-likeness (QED) is 0.874. The first-order valence-electron chi connectivity index (χ1n) is 8.14. The zero-order valence-electron chi connectivity index (χ0n) is 13.4. The van der Waals surface area contributed by atoms with Crippen molar-refractivity contribution in [1.82, 2.24) is 4.90 Å². The Labute approximate surface area is 132 Å². The third-order valence-corrected chi connectivity index (χ3v) is 5.75. The van der Waals surface area contributed by atoms with Crippen LogP contribution in [0.5, 0.6) is 0 Å². The van der Waals surface area contributed by atoms with Crippen molar-refractivity contribution in [2.24, 2.45) is 5.92 Å². The number of hydrogen-bond donors (Lipinski definition) is 1. The van der Waals surface area contributed by atoms with Crippen LogP contribution in [0.15, 0.2) is 6.07 Å². The summed E-state index contributed by atoms with van der Waals surface area (Å²) in [4.78, 5) is 16.9. The highest BCUT2D eigenvalue weighted by Gasteiger charge is 2.26. The van der Waals surface area contributed by atoms with Gasteiger partial charge in [-0.3, -0.25) is 4.79 Å². The van der Waals surface area contributed by atoms with E-state index in [-0.39, 0.29) is 18.6 Å². The van der Waals surface area contributed by atoms with Crippen LogP contribution in [0.4, 0.5) is 0 Å². The van der Waals surface area contributed by atoms with Gasteiger partial charge in [-0.15, -0.1) is 11.3 Å². The molecule has 2 rings (SSSR count). The summed E-state index contributed by atoms with van der Waals surface area (Å²) in [7, 11) is 0. The van der Waals surface area contributed by atoms with Crippen molar-refractivity contribution in [3.05, 3.63) is 21.4 Å². The molecule has 0 aromatic carbocycles. The van der Waals surface area contributed by atoms with Crippen molar-refractivity contribution in [2.75, 3.05) is 13.2 Å². The van der Waals surface area contributed by atoms with Gasteiger partial charge in [0.05, 0.1) is 11.5 Å². The molecule has 1 N–H and O–H groups in total. The summed E-state index contributed by atoms with van der Waals surface area (Å²) >= 11 is 1.67. The molecule has 0 saturated heterocycles. The fraction of sp³-hybridized carbons (Fsp3) is 0.706. The standard InChI is InChI=1S/C17H27NO2S/c1-4-14(5-2)18(8-9-19)17(20)16-11-13-10-12(3)6-7-15(13)21-16/h11-12,14,19H,4-10H2,1-3H3. The predicted octanol–water partition coefficient (Wildman–Crippen LogP) is 3.50. The molecular weight excluding hydrogens is 282 g/mol. The van der Waals surface area contributed by atoms with E-state index in [2.05, 4.69) is 26.8 Å². The number of aliphatic hydroxyl groups is 1. The Morgan fingerprint density at radius 1 is 1.48 bits per heavy atom. The fourth-order valence-corrected chi connectivity index (χ4v) is 4.40. The molecule has 0 bridgehead atoms. The number of carbonyl (C=O) groups excluding carboxylic acids is 1. The molecular formula is C17H27NO2S. The highest BCUT2D eigenvalue weighted by atomic mass is 32.1. The Morgan fingerprint density at radius 3 is 2.81 bits per heavy atom. The molecule has 1 aromatic heterocycles. The second kappa shape index (κ2) is 7.41. The maximum Gasteiger partial charge on any atom is 0.264 e. The molecule has 0 radical (unpaired) electrons. The molecule has 21 heavy (non-hydrogen) atoms. The van der Waals surface area contributed by atoms with Gasteiger partial charge in [-0.2, -0.15) is 0 Å². The maximum absolute atomic E-state index is 12.8. The van der Waals surface area contributed by atoms with Crippen LogP contribution in [0.25, 0.3) is 0 Å². The number of hydrogen-bond acceptors (Lipinski definition) is 3. The number of aliphatic hydroxyl groups excluding tert-OH is 1. The molecule has 1 unspecified atom stereocenters. The molecule has 0 saturated carbocycles. The third kappa shape index (κ3) is 3.67. The van der Waals surface area contributed by atoms with Crippen LogP contribution in [0.2, 0.25) is 0 Å². The van der Waals surface area contributed by atoms with Gasteiger partial charge in [0.15, 0.2) is 0 Å². The molecule has 0 fully saturated rings. The van der Waals surface area contributed by atoms with E-state index in [0.717, 1.165) is 36.5 Å². The van der Waals surface area contributed by atoms with Crippen LogP contribution in [0, 0.1) is 5.92 Å². The molecule has 118 valence electrons. The minimum atomic E-state index is 0.0321. The van der Waals surface area contributed by atoms with Crippen molar-refractivity contribution in [2.45, 2.75) is 58.9 Å². The largest absolute Gasteiger partial charge is 0.395 e. The first kappa shape index (κ1) is 16.5. The lowest BCUT2D eigenvalue weighted by molar-refractivity contribution is 0.0627. The summed E-state index contributed by atoms with van der Waals surface area (Å²) < 4.78 is 0. The normalized spacial score (nSPS) is 17.9. The van der Waals surface area contributed by atoms with Gasteiger partial charge >= 0.3 is 0 Å². The van der Waals surface area contributed by atoms with Crippen LogP contribution in [0.3, 0.4) is 0 Å². The Hall–Kier alpha value is -0.870. The number of aryl methyl sites for hydroxylation is 1. The van der Waals surface area contributed by atoms with Gasteiger partial charge in [0, 0.05) is 17.5 Å². The van der Waals surface area contributed by atoms with Crippen molar-refractivity contribution in [3.8, 4) is 0 Å². The van der Waals surface area contributed by atoms with Gasteiger partial charge in [0.1, 0.15) is 0 Å². The topological polar surface area (TPSA) is 40.5 Å². The molecule has 0 aliphatic heterocycles. The van der Waals surface area contributed by atoms with Crippen LogP contribution < -0.4 is 0 Å². The lowest BCUT2D eigenvalue weighted by Gasteiger charge is -2.29. The van der Waals surface area contributed by atoms with Gasteiger partial charge in [-0.25, -0.2) is 0 Å². The van der Waals surface area contributed by atoms with E-state index >= 15 is 0 Å². The lowest BCUT2D eigenvalue weighted by atomic mass is 9.90. The summed E-state index contributed by atoms with van der Waals surface area (Å²) in [5.74, 6) is 0.826. The van der Waals surface area contributed by atoms with E-state index in [0.29, 0.717) is 6.54 Å². The molecule has 3 nitrogen and oxygen atoms in total. The fourth-order valence-electron chi connectivity index (χ4n) is 3.24. The van der Waals surface area contributed by atoms with Gasteiger partial charge in [-0.1, -0.05) is 20.8 Å². The average Bonchev–Trinajstić information content (AvgIpc) is 2.89. The minimum Gasteiger partial charge on any atom is -0.395 e. The van der Waals surface area contributed by atoms with Gasteiger partial charge in [0.2, 0.25) is 0 Å². The van der Waals surface area contributed by atoms with Crippen LogP contribution in [0.1, 0.15) is 60.1 Å². The lowest BCUT2D eigenvalue weighted by Crippen LogP contribution is -2.41. The number of amides is 1. The van der Waals surface area contributed by atoms with Gasteiger partial charge < -0.3 is 10.0 Å². The molecule has 1 amide bonds. The second-order valence-electron chi connectivity index (χ2n) is 6.10. The van der Waals surface area contributed by atoms with Gasteiger partial charge in [-0.05, 0) is 49.7 Å². The Bertz CT molecular complexity index is 479. The van der Waals surface area contributed by atoms with Crippen molar-refractivity contribution < 1.29 is 9.90 Å². The Balaban J connectivity index is 2.20. The highest BCUT2D eigenvalue weighted by molar-refractivity contribution is 7.14. The van der Waals surface area contributed by atoms with Crippen molar-refractivity contribution >= 4 is 17.2 Å². The van der Waals surface area contributed by atoms with Crippen molar-refractivity contribution in [3.63, 3.8) is 0 Å². The first-order valence-corrected chi connectivity index (χ1v) is 8.95. The van der Waals surface area contributed by atoms with Crippen LogP contribution in [-0.2, 0) is 12.8 Å². The molecule has 1 atom stereocenters. The monoisotopic (exact) mass is 309 g/mol. The molecule has 1 aliphatic carbocycles. The molecule has 0 spiro atoms. The Morgan fingerprint density at radius 2 is 2.19 bits per heavy atom. The number of rotatable bonds is 6. The van der Waals surface area contributed by atoms with Gasteiger partial charge in [0.25, 0.3) is 5.91 Å². The molecule has 1 aromatic rings. The summed E-state index contributed by atoms with van der Waals surface area (Å²) in [6.45, 7) is 6.96. The molecule has 4 heteroatoms. The third-order valence-electron chi connectivity index (χ3n) is 4.53. The first-order chi connectivity index (χ1) is 10.1. The van der Waals surface area contributed by atoms with E-state index in [9.17, 15) is 9.90 Å². The van der Waals surface area contributed by atoms with Crippen molar-refractivity contribution in [1.29, 1.82) is 0 Å². The second-order valence-corrected chi connectivity index (χ2v) is 7.24. The van der Waals surface area contributed by atoms with E-state index in [1.165, 1.54) is 16.9 Å². The van der Waals surface area contributed by atoms with E-state index in [1.807, 2.05) is 4.90 Å². The number of nitrogens with zero attached hydrogens (tertiary/aromatic N) is 1. The molecule has 1 heterocycles. The Kier molecular flexibility index (Phi) is 5.82. The molecule has 1 aliphatic rings. The SMILES string of the molecule is CCC(CC)N(CCO)C(=O)c1cc2c(s1)CCC(C)C2. The maximum atomic E-state index is 12.8. The highest BCUT2D eigenvalue weighted by Crippen LogP contribution is 2.33. The van der Waals surface area contributed by atoms with Crippen LogP contribution >= 0.6 is 11.3 Å². The van der Waals surface area contributed by atoms with E-state index in [1.54, 1.807) is 11.3 Å². The predicted molar refractivity (Wildman–Crippen MR) is 88.0 cm³/mol. The smallest absolute Gasteiger partial charge is 0.264 e. The van der Waals surface area contributed by atoms with Crippen LogP contribution in [-0.4, -0.2) is 35.1 Å². The zero-order chi connectivity index (χ0) is 15.4. The van der Waals surface area contributed by atoms with E-state index in [4.69, 9.17) is 0 Å². The number of carbonyl (C=O) groups is 1. The minimum absolute atomic E-state index is 0.0321. The summed E-state index contributed by atoms with van der Waals surface area (Å²) in [6, 6.07) is 2.33. The number of fused-ring (bicyclic) bond motifs is 1. The summed E-state index contributed by atoms with van der Waals surface area (Å²) in [6.07, 6.45) is 5.31. The number of thiophene rings is 1. The summed E-state index contributed by atoms with van der Waals surface area (Å²) in [5, 5.41) is 9.28. The summed E-state index contributed by atoms with van der Waals surface area (Å²) in [5.41, 5.74) is 1.37. The average molecular weight is 309 g/mol. The van der Waals surface area contributed by atoms with E-state index < -0.39 is 0 Å². The zero-order valence-corrected chi connectivity index (χ0v) is 14.2.